The Morgan fingerprint density at radius 3 is 2.45 bits per heavy atom. The van der Waals surface area contributed by atoms with Crippen LogP contribution in [0, 0.1) is 0 Å². The molecule has 1 aromatic rings. The predicted molar refractivity (Wildman–Crippen MR) is 77.5 cm³/mol. The van der Waals surface area contributed by atoms with Gasteiger partial charge in [-0.15, -0.1) is 11.3 Å². The van der Waals surface area contributed by atoms with Gasteiger partial charge in [-0.2, -0.15) is 13.2 Å². The van der Waals surface area contributed by atoms with Crippen LogP contribution in [-0.2, 0) is 16.0 Å². The highest BCUT2D eigenvalue weighted by Crippen LogP contribution is 2.32. The van der Waals surface area contributed by atoms with Crippen molar-refractivity contribution in [1.29, 1.82) is 0 Å². The average Bonchev–Trinajstić information content (AvgIpc) is 2.65. The zero-order valence-corrected chi connectivity index (χ0v) is 13.4. The van der Waals surface area contributed by atoms with Gasteiger partial charge in [0.25, 0.3) is 0 Å². The van der Waals surface area contributed by atoms with E-state index in [2.05, 4.69) is 0 Å². The second-order valence-electron chi connectivity index (χ2n) is 4.48. The highest BCUT2D eigenvalue weighted by atomic mass is 35.5. The van der Waals surface area contributed by atoms with E-state index in [1.807, 2.05) is 5.32 Å². The van der Waals surface area contributed by atoms with Crippen LogP contribution < -0.4 is 5.32 Å². The van der Waals surface area contributed by atoms with Crippen molar-refractivity contribution in [3.8, 4) is 0 Å². The number of aliphatic carboxylic acids is 1. The van der Waals surface area contributed by atoms with Gasteiger partial charge in [0, 0.05) is 6.42 Å². The summed E-state index contributed by atoms with van der Waals surface area (Å²) in [5.74, 6) is -2.48. The molecule has 1 aromatic heterocycles. The number of rotatable bonds is 7. The number of aryl methyl sites for hydroxylation is 1. The lowest BCUT2D eigenvalue weighted by molar-refractivity contribution is -0.160. The molecule has 1 amide bonds. The molecule has 2 N–H and O–H groups in total. The molecule has 0 aliphatic heterocycles. The minimum absolute atomic E-state index is 0.106. The van der Waals surface area contributed by atoms with E-state index in [0.29, 0.717) is 21.5 Å². The maximum Gasteiger partial charge on any atom is 0.391 e. The molecule has 0 bridgehead atoms. The molecule has 0 fully saturated rings. The van der Waals surface area contributed by atoms with Crippen molar-refractivity contribution in [2.45, 2.75) is 37.9 Å². The van der Waals surface area contributed by atoms with E-state index in [-0.39, 0.29) is 6.42 Å². The van der Waals surface area contributed by atoms with E-state index in [1.165, 1.54) is 11.3 Å². The van der Waals surface area contributed by atoms with Crippen molar-refractivity contribution in [2.24, 2.45) is 0 Å². The van der Waals surface area contributed by atoms with Crippen molar-refractivity contribution in [1.82, 2.24) is 5.32 Å². The Balaban J connectivity index is 2.44. The van der Waals surface area contributed by atoms with Crippen molar-refractivity contribution >= 4 is 46.4 Å². The summed E-state index contributed by atoms with van der Waals surface area (Å²) in [5.41, 5.74) is 0.745. The topological polar surface area (TPSA) is 66.4 Å². The van der Waals surface area contributed by atoms with Gasteiger partial charge in [-0.05, 0) is 24.5 Å². The Labute approximate surface area is 138 Å². The van der Waals surface area contributed by atoms with Gasteiger partial charge in [0.15, 0.2) is 0 Å². The van der Waals surface area contributed by atoms with E-state index in [1.54, 1.807) is 6.07 Å². The molecule has 1 atom stereocenters. The number of carbonyl (C=O) groups is 2. The van der Waals surface area contributed by atoms with Gasteiger partial charge in [0.05, 0.1) is 15.1 Å². The third-order valence-electron chi connectivity index (χ3n) is 2.65. The normalized spacial score (nSPS) is 13.0. The zero-order valence-electron chi connectivity index (χ0n) is 11.0. The van der Waals surface area contributed by atoms with Crippen LogP contribution in [0.4, 0.5) is 13.2 Å². The van der Waals surface area contributed by atoms with E-state index in [9.17, 15) is 22.8 Å². The van der Waals surface area contributed by atoms with Gasteiger partial charge < -0.3 is 10.4 Å². The van der Waals surface area contributed by atoms with Crippen LogP contribution in [0.25, 0.3) is 0 Å². The van der Waals surface area contributed by atoms with Gasteiger partial charge >= 0.3 is 12.1 Å². The van der Waals surface area contributed by atoms with Crippen LogP contribution in [0.3, 0.4) is 0 Å². The van der Waals surface area contributed by atoms with E-state index < -0.39 is 30.5 Å². The molecule has 0 radical (unpaired) electrons. The SMILES string of the molecule is O=C(CCCc1cc(Cl)sc1Cl)NC(CC(F)(F)F)C(=O)O. The molecule has 124 valence electrons. The molecule has 1 heterocycles. The molecular formula is C12H12Cl2F3NO3S. The second-order valence-corrected chi connectivity index (χ2v) is 6.77. The number of amides is 1. The number of carboxylic acids is 1. The van der Waals surface area contributed by atoms with Crippen LogP contribution in [-0.4, -0.2) is 29.2 Å². The Hall–Kier alpha value is -0.990. The van der Waals surface area contributed by atoms with Gasteiger partial charge in [-0.3, -0.25) is 4.79 Å². The quantitative estimate of drug-likeness (QED) is 0.757. The number of carboxylic acid groups (broad SMARTS) is 1. The average molecular weight is 378 g/mol. The molecule has 22 heavy (non-hydrogen) atoms. The maximum atomic E-state index is 12.2. The lowest BCUT2D eigenvalue weighted by atomic mass is 10.1. The van der Waals surface area contributed by atoms with E-state index >= 15 is 0 Å². The summed E-state index contributed by atoms with van der Waals surface area (Å²) < 4.78 is 37.6. The number of thiophene rings is 1. The fourth-order valence-electron chi connectivity index (χ4n) is 1.68. The van der Waals surface area contributed by atoms with Crippen LogP contribution in [0.2, 0.25) is 8.67 Å². The van der Waals surface area contributed by atoms with Crippen LogP contribution >= 0.6 is 34.5 Å². The molecule has 0 saturated carbocycles. The Morgan fingerprint density at radius 1 is 1.36 bits per heavy atom. The van der Waals surface area contributed by atoms with E-state index in [4.69, 9.17) is 28.3 Å². The van der Waals surface area contributed by atoms with Crippen LogP contribution in [0.1, 0.15) is 24.8 Å². The first-order chi connectivity index (χ1) is 10.1. The first-order valence-corrected chi connectivity index (χ1v) is 7.68. The molecule has 0 aliphatic carbocycles. The first-order valence-electron chi connectivity index (χ1n) is 6.11. The highest BCUT2D eigenvalue weighted by Gasteiger charge is 2.36. The minimum atomic E-state index is -4.67. The number of hydrogen-bond acceptors (Lipinski definition) is 3. The summed E-state index contributed by atoms with van der Waals surface area (Å²) in [7, 11) is 0. The molecule has 4 nitrogen and oxygen atoms in total. The number of nitrogens with one attached hydrogen (secondary N) is 1. The van der Waals surface area contributed by atoms with Crippen molar-refractivity contribution in [3.05, 3.63) is 20.3 Å². The summed E-state index contributed by atoms with van der Waals surface area (Å²) >= 11 is 12.8. The molecule has 0 saturated heterocycles. The van der Waals surface area contributed by atoms with Gasteiger partial charge in [0.2, 0.25) is 5.91 Å². The van der Waals surface area contributed by atoms with Crippen LogP contribution in [0.5, 0.6) is 0 Å². The molecule has 1 unspecified atom stereocenters. The Kier molecular flexibility index (Phi) is 6.96. The Bertz CT molecular complexity index is 548. The maximum absolute atomic E-state index is 12.2. The molecule has 0 spiro atoms. The number of alkyl halides is 3. The second kappa shape index (κ2) is 8.03. The summed E-state index contributed by atoms with van der Waals surface area (Å²) in [5, 5.41) is 10.5. The molecule has 1 rings (SSSR count). The first kappa shape index (κ1) is 19.1. The Morgan fingerprint density at radius 2 is 2.00 bits per heavy atom. The lowest BCUT2D eigenvalue weighted by Gasteiger charge is -2.16. The van der Waals surface area contributed by atoms with Gasteiger partial charge in [-0.1, -0.05) is 23.2 Å². The third kappa shape index (κ3) is 6.85. The standard InChI is InChI=1S/C12H12Cl2F3NO3S/c13-8-4-6(10(14)22-8)2-1-3-9(19)18-7(11(20)21)5-12(15,16)17/h4,7H,1-3,5H2,(H,18,19)(H,20,21). The number of carbonyl (C=O) groups excluding carboxylic acids is 1. The smallest absolute Gasteiger partial charge is 0.391 e. The predicted octanol–water partition coefficient (Wildman–Crippen LogP) is 3.90. The van der Waals surface area contributed by atoms with Gasteiger partial charge in [0.1, 0.15) is 6.04 Å². The fraction of sp³-hybridized carbons (Fsp3) is 0.500. The summed E-state index contributed by atoms with van der Waals surface area (Å²) in [6.07, 6.45) is -5.65. The third-order valence-corrected chi connectivity index (χ3v) is 4.22. The highest BCUT2D eigenvalue weighted by molar-refractivity contribution is 7.20. The number of hydrogen-bond donors (Lipinski definition) is 2. The summed E-state index contributed by atoms with van der Waals surface area (Å²) in [6, 6.07) is -0.331. The zero-order chi connectivity index (χ0) is 16.9. The van der Waals surface area contributed by atoms with Crippen molar-refractivity contribution in [3.63, 3.8) is 0 Å². The minimum Gasteiger partial charge on any atom is -0.480 e. The molecule has 0 aromatic carbocycles. The monoisotopic (exact) mass is 377 g/mol. The van der Waals surface area contributed by atoms with Crippen molar-refractivity contribution < 1.29 is 27.9 Å². The number of halogens is 5. The molecule has 0 aliphatic rings. The fourth-order valence-corrected chi connectivity index (χ4v) is 3.23. The summed E-state index contributed by atoms with van der Waals surface area (Å²) in [4.78, 5) is 22.2. The molecule has 10 heteroatoms. The largest absolute Gasteiger partial charge is 0.480 e. The van der Waals surface area contributed by atoms with Crippen molar-refractivity contribution in [2.75, 3.05) is 0 Å². The lowest BCUT2D eigenvalue weighted by Crippen LogP contribution is -2.43. The van der Waals surface area contributed by atoms with E-state index in [0.717, 1.165) is 5.56 Å². The molecular weight excluding hydrogens is 366 g/mol. The summed E-state index contributed by atoms with van der Waals surface area (Å²) in [6.45, 7) is 0. The van der Waals surface area contributed by atoms with Crippen LogP contribution in [0.15, 0.2) is 6.07 Å². The van der Waals surface area contributed by atoms with Gasteiger partial charge in [-0.25, -0.2) is 4.79 Å².